The lowest BCUT2D eigenvalue weighted by atomic mass is 9.96. The molecule has 0 saturated carbocycles. The van der Waals surface area contributed by atoms with Crippen molar-refractivity contribution in [3.8, 4) is 0 Å². The summed E-state index contributed by atoms with van der Waals surface area (Å²) in [4.78, 5) is -0.510. The standard InChI is InChI=1S/C18H17F2NO2S/c1-11-9-12(5-7-16(11)19)14-3-2-4-15(14)13-6-8-18(17(20)10-13)24(21,22)23/h5-10H,2-4H2,1H3,(H2,21,22,23). The van der Waals surface area contributed by atoms with Crippen LogP contribution in [0.25, 0.3) is 11.1 Å². The van der Waals surface area contributed by atoms with Crippen molar-refractivity contribution >= 4 is 21.2 Å². The van der Waals surface area contributed by atoms with E-state index in [1.54, 1.807) is 25.1 Å². The maximum absolute atomic E-state index is 14.1. The molecule has 0 amide bonds. The highest BCUT2D eigenvalue weighted by molar-refractivity contribution is 7.89. The van der Waals surface area contributed by atoms with Crippen LogP contribution in [0.15, 0.2) is 41.3 Å². The van der Waals surface area contributed by atoms with Gasteiger partial charge < -0.3 is 0 Å². The van der Waals surface area contributed by atoms with Crippen LogP contribution in [-0.4, -0.2) is 8.42 Å². The van der Waals surface area contributed by atoms with Crippen LogP contribution in [-0.2, 0) is 10.0 Å². The molecule has 0 unspecified atom stereocenters. The highest BCUT2D eigenvalue weighted by atomic mass is 32.2. The summed E-state index contributed by atoms with van der Waals surface area (Å²) in [5, 5.41) is 4.99. The molecule has 0 atom stereocenters. The first-order valence-electron chi connectivity index (χ1n) is 7.58. The van der Waals surface area contributed by atoms with Crippen molar-refractivity contribution in [2.75, 3.05) is 0 Å². The van der Waals surface area contributed by atoms with E-state index in [1.165, 1.54) is 18.2 Å². The first kappa shape index (κ1) is 16.8. The smallest absolute Gasteiger partial charge is 0.225 e. The third-order valence-electron chi connectivity index (χ3n) is 4.31. The molecule has 1 aliphatic rings. The summed E-state index contributed by atoms with van der Waals surface area (Å²) in [7, 11) is -4.08. The van der Waals surface area contributed by atoms with Gasteiger partial charge in [-0.3, -0.25) is 0 Å². The maximum atomic E-state index is 14.1. The number of aryl methyl sites for hydroxylation is 1. The van der Waals surface area contributed by atoms with Crippen LogP contribution >= 0.6 is 0 Å². The van der Waals surface area contributed by atoms with Gasteiger partial charge in [0.25, 0.3) is 0 Å². The molecule has 0 aliphatic heterocycles. The Morgan fingerprint density at radius 3 is 2.04 bits per heavy atom. The second-order valence-electron chi connectivity index (χ2n) is 5.96. The summed E-state index contributed by atoms with van der Waals surface area (Å²) in [6.07, 6.45) is 2.50. The molecule has 0 aromatic heterocycles. The lowest BCUT2D eigenvalue weighted by Gasteiger charge is -2.11. The average Bonchev–Trinajstić information content (AvgIpc) is 2.98. The summed E-state index contributed by atoms with van der Waals surface area (Å²) in [6.45, 7) is 1.70. The van der Waals surface area contributed by atoms with Gasteiger partial charge in [-0.05, 0) is 78.3 Å². The maximum Gasteiger partial charge on any atom is 0.240 e. The van der Waals surface area contributed by atoms with Crippen molar-refractivity contribution in [3.05, 3.63) is 64.7 Å². The Morgan fingerprint density at radius 2 is 1.50 bits per heavy atom. The topological polar surface area (TPSA) is 60.2 Å². The number of benzene rings is 2. The molecule has 126 valence electrons. The zero-order valence-electron chi connectivity index (χ0n) is 13.1. The van der Waals surface area contributed by atoms with Gasteiger partial charge in [0.2, 0.25) is 10.0 Å². The molecule has 2 N–H and O–H groups in total. The van der Waals surface area contributed by atoms with Gasteiger partial charge in [-0.2, -0.15) is 0 Å². The van der Waals surface area contributed by atoms with Gasteiger partial charge in [-0.15, -0.1) is 0 Å². The number of hydrogen-bond donors (Lipinski definition) is 1. The quantitative estimate of drug-likeness (QED) is 0.910. The highest BCUT2D eigenvalue weighted by Gasteiger charge is 2.21. The number of primary sulfonamides is 1. The van der Waals surface area contributed by atoms with Crippen molar-refractivity contribution in [3.63, 3.8) is 0 Å². The van der Waals surface area contributed by atoms with Crippen LogP contribution < -0.4 is 5.14 Å². The molecule has 6 heteroatoms. The number of allylic oxidation sites excluding steroid dienone is 2. The summed E-state index contributed by atoms with van der Waals surface area (Å²) >= 11 is 0. The Bertz CT molecular complexity index is 949. The lowest BCUT2D eigenvalue weighted by molar-refractivity contribution is 0.568. The molecule has 1 aliphatic carbocycles. The number of hydrogen-bond acceptors (Lipinski definition) is 2. The lowest BCUT2D eigenvalue weighted by Crippen LogP contribution is -2.14. The molecule has 0 spiro atoms. The van der Waals surface area contributed by atoms with Crippen LogP contribution in [0.4, 0.5) is 8.78 Å². The largest absolute Gasteiger partial charge is 0.240 e. The first-order chi connectivity index (χ1) is 11.3. The third-order valence-corrected chi connectivity index (χ3v) is 5.26. The first-order valence-corrected chi connectivity index (χ1v) is 9.13. The van der Waals surface area contributed by atoms with E-state index in [1.807, 2.05) is 0 Å². The van der Waals surface area contributed by atoms with Gasteiger partial charge in [-0.1, -0.05) is 12.1 Å². The van der Waals surface area contributed by atoms with E-state index in [-0.39, 0.29) is 5.82 Å². The van der Waals surface area contributed by atoms with Gasteiger partial charge >= 0.3 is 0 Å². The second kappa shape index (κ2) is 6.11. The summed E-state index contributed by atoms with van der Waals surface area (Å²) < 4.78 is 50.3. The number of rotatable bonds is 3. The second-order valence-corrected chi connectivity index (χ2v) is 7.49. The van der Waals surface area contributed by atoms with Crippen molar-refractivity contribution in [2.24, 2.45) is 5.14 Å². The van der Waals surface area contributed by atoms with Crippen molar-refractivity contribution in [1.29, 1.82) is 0 Å². The third kappa shape index (κ3) is 3.12. The Morgan fingerprint density at radius 1 is 0.917 bits per heavy atom. The van der Waals surface area contributed by atoms with Gasteiger partial charge in [0.15, 0.2) is 0 Å². The van der Waals surface area contributed by atoms with E-state index in [0.717, 1.165) is 36.0 Å². The van der Waals surface area contributed by atoms with Crippen LogP contribution in [0.1, 0.15) is 36.0 Å². The SMILES string of the molecule is Cc1cc(C2=C(c3ccc(S(N)(=O)=O)c(F)c3)CCC2)ccc1F. The number of sulfonamides is 1. The van der Waals surface area contributed by atoms with Crippen LogP contribution in [0.5, 0.6) is 0 Å². The van der Waals surface area contributed by atoms with Crippen LogP contribution in [0, 0.1) is 18.6 Å². The molecule has 24 heavy (non-hydrogen) atoms. The molecule has 3 nitrogen and oxygen atoms in total. The van der Waals surface area contributed by atoms with Gasteiger partial charge in [-0.25, -0.2) is 22.3 Å². The van der Waals surface area contributed by atoms with E-state index in [4.69, 9.17) is 5.14 Å². The van der Waals surface area contributed by atoms with E-state index >= 15 is 0 Å². The Hall–Kier alpha value is -2.05. The Balaban J connectivity index is 2.09. The highest BCUT2D eigenvalue weighted by Crippen LogP contribution is 2.40. The Labute approximate surface area is 139 Å². The molecule has 2 aromatic carbocycles. The zero-order chi connectivity index (χ0) is 17.5. The van der Waals surface area contributed by atoms with Gasteiger partial charge in [0, 0.05) is 0 Å². The molecule has 3 rings (SSSR count). The summed E-state index contributed by atoms with van der Waals surface area (Å²) in [6, 6.07) is 8.90. The van der Waals surface area contributed by atoms with Crippen molar-refractivity contribution < 1.29 is 17.2 Å². The minimum atomic E-state index is -4.08. The minimum absolute atomic E-state index is 0.262. The molecule has 0 saturated heterocycles. The molecular weight excluding hydrogens is 332 g/mol. The Kier molecular flexibility index (Phi) is 4.27. The van der Waals surface area contributed by atoms with Crippen molar-refractivity contribution in [1.82, 2.24) is 0 Å². The fourth-order valence-electron chi connectivity index (χ4n) is 3.13. The molecule has 0 heterocycles. The molecule has 0 radical (unpaired) electrons. The van der Waals surface area contributed by atoms with E-state index < -0.39 is 20.7 Å². The monoisotopic (exact) mass is 349 g/mol. The van der Waals surface area contributed by atoms with E-state index in [2.05, 4.69) is 0 Å². The predicted molar refractivity (Wildman–Crippen MR) is 89.6 cm³/mol. The summed E-state index contributed by atoms with van der Waals surface area (Å²) in [5.41, 5.74) is 4.11. The zero-order valence-corrected chi connectivity index (χ0v) is 14.0. The number of halogens is 2. The predicted octanol–water partition coefficient (Wildman–Crippen LogP) is 4.02. The molecule has 0 bridgehead atoms. The van der Waals surface area contributed by atoms with E-state index in [0.29, 0.717) is 11.1 Å². The van der Waals surface area contributed by atoms with Crippen LogP contribution in [0.2, 0.25) is 0 Å². The fraction of sp³-hybridized carbons (Fsp3) is 0.222. The van der Waals surface area contributed by atoms with Crippen molar-refractivity contribution in [2.45, 2.75) is 31.1 Å². The molecule has 0 fully saturated rings. The minimum Gasteiger partial charge on any atom is -0.225 e. The van der Waals surface area contributed by atoms with Crippen LogP contribution in [0.3, 0.4) is 0 Å². The molecular formula is C18H17F2NO2S. The average molecular weight is 349 g/mol. The normalized spacial score (nSPS) is 15.2. The number of nitrogens with two attached hydrogens (primary N) is 1. The van der Waals surface area contributed by atoms with Gasteiger partial charge in [0.1, 0.15) is 16.5 Å². The molecule has 2 aromatic rings. The summed E-state index contributed by atoms with van der Waals surface area (Å²) in [5.74, 6) is -1.12. The van der Waals surface area contributed by atoms with Gasteiger partial charge in [0.05, 0.1) is 0 Å². The van der Waals surface area contributed by atoms with E-state index in [9.17, 15) is 17.2 Å². The fourth-order valence-corrected chi connectivity index (χ4v) is 3.72.